The van der Waals surface area contributed by atoms with Gasteiger partial charge in [0.1, 0.15) is 0 Å². The molecule has 0 bridgehead atoms. The summed E-state index contributed by atoms with van der Waals surface area (Å²) in [6, 6.07) is 6.72. The van der Waals surface area contributed by atoms with E-state index < -0.39 is 0 Å². The Labute approximate surface area is 101 Å². The van der Waals surface area contributed by atoms with Gasteiger partial charge in [-0.1, -0.05) is 28.1 Å². The van der Waals surface area contributed by atoms with E-state index in [1.807, 2.05) is 6.92 Å². The van der Waals surface area contributed by atoms with E-state index in [1.54, 1.807) is 0 Å². The van der Waals surface area contributed by atoms with Gasteiger partial charge in [-0.2, -0.15) is 0 Å². The van der Waals surface area contributed by atoms with Crippen LogP contribution in [0.25, 0.3) is 0 Å². The first kappa shape index (κ1) is 12.7. The van der Waals surface area contributed by atoms with Gasteiger partial charge in [-0.15, -0.1) is 0 Å². The van der Waals surface area contributed by atoms with Crippen molar-refractivity contribution in [2.24, 2.45) is 5.73 Å². The molecular formula is C12H19BrN2. The van der Waals surface area contributed by atoms with Crippen LogP contribution in [0.2, 0.25) is 0 Å². The van der Waals surface area contributed by atoms with Gasteiger partial charge in [0.25, 0.3) is 0 Å². The molecule has 0 fully saturated rings. The second-order valence-electron chi connectivity index (χ2n) is 4.34. The highest BCUT2D eigenvalue weighted by Crippen LogP contribution is 2.20. The van der Waals surface area contributed by atoms with Gasteiger partial charge in [-0.3, -0.25) is 0 Å². The van der Waals surface area contributed by atoms with Crippen LogP contribution in [0.1, 0.15) is 18.1 Å². The van der Waals surface area contributed by atoms with Gasteiger partial charge in [0.2, 0.25) is 0 Å². The van der Waals surface area contributed by atoms with Crippen molar-refractivity contribution in [1.82, 2.24) is 4.90 Å². The molecule has 0 saturated carbocycles. The molecule has 84 valence electrons. The molecule has 0 aliphatic heterocycles. The maximum absolute atomic E-state index is 5.77. The number of nitrogens with two attached hydrogens (primary N) is 1. The van der Waals surface area contributed by atoms with Gasteiger partial charge in [0.15, 0.2) is 0 Å². The summed E-state index contributed by atoms with van der Waals surface area (Å²) in [4.78, 5) is 2.16. The van der Waals surface area contributed by atoms with Gasteiger partial charge in [0, 0.05) is 17.1 Å². The Kier molecular flexibility index (Phi) is 4.77. The summed E-state index contributed by atoms with van der Waals surface area (Å²) in [5.41, 5.74) is 8.37. The average Bonchev–Trinajstić information content (AvgIpc) is 2.08. The SMILES string of the molecule is CC(N)Cc1ccc(CN(C)C)c(Br)c1. The number of benzene rings is 1. The molecule has 0 aliphatic rings. The molecule has 3 heteroatoms. The van der Waals surface area contributed by atoms with E-state index in [4.69, 9.17) is 5.73 Å². The summed E-state index contributed by atoms with van der Waals surface area (Å²) < 4.78 is 1.18. The highest BCUT2D eigenvalue weighted by Gasteiger charge is 2.04. The smallest absolute Gasteiger partial charge is 0.0238 e. The van der Waals surface area contributed by atoms with Crippen LogP contribution >= 0.6 is 15.9 Å². The molecule has 0 saturated heterocycles. The minimum atomic E-state index is 0.219. The molecule has 0 spiro atoms. The Hall–Kier alpha value is -0.380. The molecule has 1 atom stereocenters. The molecule has 0 amide bonds. The first-order valence-corrected chi connectivity index (χ1v) is 5.96. The van der Waals surface area contributed by atoms with Crippen molar-refractivity contribution in [3.63, 3.8) is 0 Å². The summed E-state index contributed by atoms with van der Waals surface area (Å²) >= 11 is 3.60. The Balaban J connectivity index is 2.78. The number of nitrogens with zero attached hydrogens (tertiary/aromatic N) is 1. The van der Waals surface area contributed by atoms with E-state index in [-0.39, 0.29) is 6.04 Å². The monoisotopic (exact) mass is 270 g/mol. The minimum Gasteiger partial charge on any atom is -0.328 e. The summed E-state index contributed by atoms with van der Waals surface area (Å²) in [7, 11) is 4.14. The molecule has 0 aliphatic carbocycles. The van der Waals surface area contributed by atoms with Gasteiger partial charge >= 0.3 is 0 Å². The normalized spacial score (nSPS) is 13.2. The third-order valence-corrected chi connectivity index (χ3v) is 2.90. The number of rotatable bonds is 4. The van der Waals surface area contributed by atoms with Gasteiger partial charge in [0.05, 0.1) is 0 Å². The average molecular weight is 271 g/mol. The van der Waals surface area contributed by atoms with E-state index in [0.29, 0.717) is 0 Å². The highest BCUT2D eigenvalue weighted by molar-refractivity contribution is 9.10. The third kappa shape index (κ3) is 4.33. The fraction of sp³-hybridized carbons (Fsp3) is 0.500. The van der Waals surface area contributed by atoms with Crippen LogP contribution in [0.15, 0.2) is 22.7 Å². The zero-order valence-electron chi connectivity index (χ0n) is 9.63. The molecule has 2 nitrogen and oxygen atoms in total. The van der Waals surface area contributed by atoms with Crippen LogP contribution < -0.4 is 5.73 Å². The molecule has 2 N–H and O–H groups in total. The van der Waals surface area contributed by atoms with Crippen molar-refractivity contribution in [1.29, 1.82) is 0 Å². The van der Waals surface area contributed by atoms with Crippen LogP contribution in [0.5, 0.6) is 0 Å². The lowest BCUT2D eigenvalue weighted by molar-refractivity contribution is 0.401. The maximum Gasteiger partial charge on any atom is 0.0238 e. The molecule has 0 heterocycles. The maximum atomic E-state index is 5.77. The molecule has 1 rings (SSSR count). The largest absolute Gasteiger partial charge is 0.328 e. The lowest BCUT2D eigenvalue weighted by Crippen LogP contribution is -2.18. The Morgan fingerprint density at radius 1 is 1.40 bits per heavy atom. The first-order chi connectivity index (χ1) is 6.99. The number of halogens is 1. The van der Waals surface area contributed by atoms with Crippen molar-refractivity contribution < 1.29 is 0 Å². The number of hydrogen-bond donors (Lipinski definition) is 1. The predicted octanol–water partition coefficient (Wildman–Crippen LogP) is 2.40. The van der Waals surface area contributed by atoms with Crippen LogP contribution in [0.3, 0.4) is 0 Å². The van der Waals surface area contributed by atoms with Crippen molar-refractivity contribution in [3.05, 3.63) is 33.8 Å². The van der Waals surface area contributed by atoms with Gasteiger partial charge in [-0.25, -0.2) is 0 Å². The van der Waals surface area contributed by atoms with Gasteiger partial charge < -0.3 is 10.6 Å². The Morgan fingerprint density at radius 3 is 2.53 bits per heavy atom. The fourth-order valence-electron chi connectivity index (χ4n) is 1.56. The lowest BCUT2D eigenvalue weighted by Gasteiger charge is -2.13. The van der Waals surface area contributed by atoms with Crippen molar-refractivity contribution in [2.45, 2.75) is 25.9 Å². The second-order valence-corrected chi connectivity index (χ2v) is 5.20. The molecule has 1 aromatic carbocycles. The molecule has 1 aromatic rings. The summed E-state index contributed by atoms with van der Waals surface area (Å²) in [6.45, 7) is 2.99. The van der Waals surface area contributed by atoms with E-state index in [2.05, 4.69) is 53.1 Å². The zero-order chi connectivity index (χ0) is 11.4. The second kappa shape index (κ2) is 5.64. The third-order valence-electron chi connectivity index (χ3n) is 2.16. The predicted molar refractivity (Wildman–Crippen MR) is 68.9 cm³/mol. The van der Waals surface area contributed by atoms with E-state index in [0.717, 1.165) is 13.0 Å². The molecule has 0 radical (unpaired) electrons. The summed E-state index contributed by atoms with van der Waals surface area (Å²) in [5.74, 6) is 0. The molecular weight excluding hydrogens is 252 g/mol. The Bertz CT molecular complexity index is 321. The van der Waals surface area contributed by atoms with E-state index in [9.17, 15) is 0 Å². The van der Waals surface area contributed by atoms with Crippen LogP contribution in [0.4, 0.5) is 0 Å². The standard InChI is InChI=1S/C12H19BrN2/c1-9(14)6-10-4-5-11(8-15(2)3)12(13)7-10/h4-5,7,9H,6,8,14H2,1-3H3. The fourth-order valence-corrected chi connectivity index (χ4v) is 2.11. The molecule has 1 unspecified atom stereocenters. The Morgan fingerprint density at radius 2 is 2.07 bits per heavy atom. The molecule has 0 aromatic heterocycles. The first-order valence-electron chi connectivity index (χ1n) is 5.16. The van der Waals surface area contributed by atoms with Crippen molar-refractivity contribution in [3.8, 4) is 0 Å². The van der Waals surface area contributed by atoms with E-state index >= 15 is 0 Å². The van der Waals surface area contributed by atoms with Crippen molar-refractivity contribution in [2.75, 3.05) is 14.1 Å². The highest BCUT2D eigenvalue weighted by atomic mass is 79.9. The summed E-state index contributed by atoms with van der Waals surface area (Å²) in [6.07, 6.45) is 0.931. The van der Waals surface area contributed by atoms with E-state index in [1.165, 1.54) is 15.6 Å². The quantitative estimate of drug-likeness (QED) is 0.911. The van der Waals surface area contributed by atoms with Gasteiger partial charge in [-0.05, 0) is 44.6 Å². The summed E-state index contributed by atoms with van der Waals surface area (Å²) in [5, 5.41) is 0. The number of hydrogen-bond acceptors (Lipinski definition) is 2. The minimum absolute atomic E-state index is 0.219. The zero-order valence-corrected chi connectivity index (χ0v) is 11.2. The topological polar surface area (TPSA) is 29.3 Å². The lowest BCUT2D eigenvalue weighted by atomic mass is 10.1. The molecule has 15 heavy (non-hydrogen) atoms. The van der Waals surface area contributed by atoms with Crippen LogP contribution in [-0.2, 0) is 13.0 Å². The van der Waals surface area contributed by atoms with Crippen molar-refractivity contribution >= 4 is 15.9 Å². The van der Waals surface area contributed by atoms with Crippen LogP contribution in [0, 0.1) is 0 Å². The van der Waals surface area contributed by atoms with Crippen LogP contribution in [-0.4, -0.2) is 25.0 Å².